The molecule has 102 valence electrons. The number of halogens is 2. The zero-order valence-electron chi connectivity index (χ0n) is 11.1. The summed E-state index contributed by atoms with van der Waals surface area (Å²) in [5, 5.41) is 15.9. The lowest BCUT2D eigenvalue weighted by atomic mass is 10.00. The summed E-state index contributed by atoms with van der Waals surface area (Å²) in [5.41, 5.74) is 3.56. The molecule has 5 heteroatoms. The van der Waals surface area contributed by atoms with Crippen molar-refractivity contribution >= 4 is 23.2 Å². The van der Waals surface area contributed by atoms with Gasteiger partial charge < -0.3 is 5.11 Å². The second-order valence-corrected chi connectivity index (χ2v) is 5.51. The van der Waals surface area contributed by atoms with Crippen LogP contribution in [-0.2, 0) is 13.5 Å². The summed E-state index contributed by atoms with van der Waals surface area (Å²) in [6, 6.07) is 5.31. The van der Waals surface area contributed by atoms with Gasteiger partial charge in [0.15, 0.2) is 0 Å². The lowest BCUT2D eigenvalue weighted by molar-refractivity contribution is 0.177. The quantitative estimate of drug-likeness (QED) is 0.940. The maximum absolute atomic E-state index is 10.4. The van der Waals surface area contributed by atoms with Crippen LogP contribution in [0.4, 0.5) is 0 Å². The Morgan fingerprint density at radius 1 is 1.32 bits per heavy atom. The van der Waals surface area contributed by atoms with Crippen LogP contribution < -0.4 is 0 Å². The van der Waals surface area contributed by atoms with Gasteiger partial charge >= 0.3 is 0 Å². The summed E-state index contributed by atoms with van der Waals surface area (Å²) >= 11 is 12.0. The largest absolute Gasteiger partial charge is 0.388 e. The van der Waals surface area contributed by atoms with E-state index in [1.165, 1.54) is 0 Å². The fraction of sp³-hybridized carbons (Fsp3) is 0.357. The molecule has 1 aromatic carbocycles. The van der Waals surface area contributed by atoms with Crippen molar-refractivity contribution in [3.05, 3.63) is 50.8 Å². The lowest BCUT2D eigenvalue weighted by Crippen LogP contribution is -2.05. The number of benzene rings is 1. The molecule has 1 N–H and O–H groups in total. The zero-order valence-corrected chi connectivity index (χ0v) is 12.6. The zero-order chi connectivity index (χ0) is 14.2. The molecule has 0 spiro atoms. The molecule has 0 saturated carbocycles. The Morgan fingerprint density at radius 2 is 2.00 bits per heavy atom. The predicted molar refractivity (Wildman–Crippen MR) is 77.8 cm³/mol. The first kappa shape index (κ1) is 14.4. The van der Waals surface area contributed by atoms with E-state index < -0.39 is 6.10 Å². The lowest BCUT2D eigenvalue weighted by Gasteiger charge is -2.13. The minimum Gasteiger partial charge on any atom is -0.388 e. The summed E-state index contributed by atoms with van der Waals surface area (Å²) in [4.78, 5) is 0. The van der Waals surface area contributed by atoms with Crippen LogP contribution in [0.2, 0.25) is 10.0 Å². The molecule has 1 aromatic heterocycles. The Morgan fingerprint density at radius 3 is 2.53 bits per heavy atom. The van der Waals surface area contributed by atoms with E-state index in [0.29, 0.717) is 16.5 Å². The first-order chi connectivity index (χ1) is 8.90. The van der Waals surface area contributed by atoms with Crippen molar-refractivity contribution in [1.29, 1.82) is 0 Å². The third kappa shape index (κ3) is 2.94. The van der Waals surface area contributed by atoms with E-state index in [2.05, 4.69) is 5.10 Å². The highest BCUT2D eigenvalue weighted by atomic mass is 35.5. The molecule has 19 heavy (non-hydrogen) atoms. The van der Waals surface area contributed by atoms with Gasteiger partial charge in [-0.3, -0.25) is 4.68 Å². The van der Waals surface area contributed by atoms with Crippen molar-refractivity contribution < 1.29 is 5.11 Å². The van der Waals surface area contributed by atoms with Crippen LogP contribution in [0.15, 0.2) is 18.2 Å². The number of hydrogen-bond acceptors (Lipinski definition) is 2. The van der Waals surface area contributed by atoms with Crippen molar-refractivity contribution in [3.8, 4) is 0 Å². The number of nitrogens with zero attached hydrogens (tertiary/aromatic N) is 2. The van der Waals surface area contributed by atoms with E-state index in [9.17, 15) is 5.11 Å². The minimum atomic E-state index is -0.618. The van der Waals surface area contributed by atoms with Gasteiger partial charge in [-0.2, -0.15) is 5.10 Å². The molecule has 2 rings (SSSR count). The maximum atomic E-state index is 10.4. The molecule has 1 atom stereocenters. The van der Waals surface area contributed by atoms with Gasteiger partial charge in [-0.05, 0) is 31.5 Å². The Hall–Kier alpha value is -1.03. The second-order valence-electron chi connectivity index (χ2n) is 4.66. The number of rotatable bonds is 3. The molecular weight excluding hydrogens is 283 g/mol. The number of aliphatic hydroxyl groups is 1. The van der Waals surface area contributed by atoms with E-state index in [0.717, 1.165) is 22.5 Å². The van der Waals surface area contributed by atoms with Crippen LogP contribution in [0.1, 0.15) is 28.6 Å². The van der Waals surface area contributed by atoms with Crippen molar-refractivity contribution in [1.82, 2.24) is 9.78 Å². The number of aryl methyl sites for hydroxylation is 2. The highest BCUT2D eigenvalue weighted by Gasteiger charge is 2.19. The molecule has 2 aromatic rings. The molecule has 0 aliphatic heterocycles. The average Bonchev–Trinajstić information content (AvgIpc) is 2.57. The van der Waals surface area contributed by atoms with Gasteiger partial charge in [-0.15, -0.1) is 0 Å². The van der Waals surface area contributed by atoms with E-state index in [1.807, 2.05) is 27.0 Å². The third-order valence-electron chi connectivity index (χ3n) is 3.33. The molecular formula is C14H16Cl2N2O. The second kappa shape index (κ2) is 5.53. The van der Waals surface area contributed by atoms with Crippen molar-refractivity contribution in [3.63, 3.8) is 0 Å². The topological polar surface area (TPSA) is 38.0 Å². The monoisotopic (exact) mass is 298 g/mol. The van der Waals surface area contributed by atoms with Gasteiger partial charge in [0.25, 0.3) is 0 Å². The molecule has 0 aliphatic carbocycles. The van der Waals surface area contributed by atoms with Gasteiger partial charge in [0, 0.05) is 34.8 Å². The van der Waals surface area contributed by atoms with Crippen LogP contribution in [0.25, 0.3) is 0 Å². The van der Waals surface area contributed by atoms with E-state index in [-0.39, 0.29) is 0 Å². The van der Waals surface area contributed by atoms with Gasteiger partial charge in [0.1, 0.15) is 0 Å². The summed E-state index contributed by atoms with van der Waals surface area (Å²) < 4.78 is 1.78. The normalized spacial score (nSPS) is 12.7. The van der Waals surface area contributed by atoms with Gasteiger partial charge in [-0.1, -0.05) is 29.3 Å². The molecule has 3 nitrogen and oxygen atoms in total. The minimum absolute atomic E-state index is 0.448. The van der Waals surface area contributed by atoms with Gasteiger partial charge in [0.2, 0.25) is 0 Å². The molecule has 1 unspecified atom stereocenters. The Balaban J connectivity index is 2.28. The van der Waals surface area contributed by atoms with Crippen molar-refractivity contribution in [2.45, 2.75) is 26.4 Å². The summed E-state index contributed by atoms with van der Waals surface area (Å²) in [5.74, 6) is 0. The molecule has 0 saturated heterocycles. The molecule has 0 fully saturated rings. The van der Waals surface area contributed by atoms with E-state index in [1.54, 1.807) is 16.8 Å². The van der Waals surface area contributed by atoms with E-state index >= 15 is 0 Å². The van der Waals surface area contributed by atoms with Crippen LogP contribution in [0, 0.1) is 13.8 Å². The highest BCUT2D eigenvalue weighted by molar-refractivity contribution is 6.35. The Kier molecular flexibility index (Phi) is 4.19. The van der Waals surface area contributed by atoms with Crippen molar-refractivity contribution in [2.24, 2.45) is 7.05 Å². The van der Waals surface area contributed by atoms with Gasteiger partial charge in [0.05, 0.1) is 11.8 Å². The molecule has 0 bridgehead atoms. The Labute approximate surface area is 122 Å². The highest BCUT2D eigenvalue weighted by Crippen LogP contribution is 2.28. The van der Waals surface area contributed by atoms with Crippen LogP contribution in [-0.4, -0.2) is 14.9 Å². The molecule has 0 radical (unpaired) electrons. The number of hydrogen-bond donors (Lipinski definition) is 1. The Bertz CT molecular complexity index is 608. The number of aromatic nitrogens is 2. The number of aliphatic hydroxyl groups excluding tert-OH is 1. The third-order valence-corrected chi connectivity index (χ3v) is 3.91. The summed E-state index contributed by atoms with van der Waals surface area (Å²) in [7, 11) is 1.87. The van der Waals surface area contributed by atoms with Crippen LogP contribution >= 0.6 is 23.2 Å². The van der Waals surface area contributed by atoms with Gasteiger partial charge in [-0.25, -0.2) is 0 Å². The van der Waals surface area contributed by atoms with Crippen molar-refractivity contribution in [2.75, 3.05) is 0 Å². The first-order valence-corrected chi connectivity index (χ1v) is 6.78. The van der Waals surface area contributed by atoms with Crippen LogP contribution in [0.5, 0.6) is 0 Å². The predicted octanol–water partition coefficient (Wildman–Crippen LogP) is 3.62. The average molecular weight is 299 g/mol. The fourth-order valence-electron chi connectivity index (χ4n) is 2.27. The fourth-order valence-corrected chi connectivity index (χ4v) is 2.76. The molecule has 1 heterocycles. The standard InChI is InChI=1S/C14H16Cl2N2O/c1-8-14(9(2)18(3)17-8)13(19)6-10-4-5-11(15)7-12(10)16/h4-5,7,13,19H,6H2,1-3H3. The summed E-state index contributed by atoms with van der Waals surface area (Å²) in [6.45, 7) is 3.84. The molecule has 0 aliphatic rings. The summed E-state index contributed by atoms with van der Waals surface area (Å²) in [6.07, 6.45) is -0.170. The maximum Gasteiger partial charge on any atom is 0.0866 e. The SMILES string of the molecule is Cc1nn(C)c(C)c1C(O)Cc1ccc(Cl)cc1Cl. The smallest absolute Gasteiger partial charge is 0.0866 e. The molecule has 0 amide bonds. The van der Waals surface area contributed by atoms with Crippen LogP contribution in [0.3, 0.4) is 0 Å². The first-order valence-electron chi connectivity index (χ1n) is 6.02. The van der Waals surface area contributed by atoms with E-state index in [4.69, 9.17) is 23.2 Å².